The van der Waals surface area contributed by atoms with Gasteiger partial charge in [0, 0.05) is 15.7 Å². The van der Waals surface area contributed by atoms with Gasteiger partial charge in [0.15, 0.2) is 0 Å². The first-order valence-electron chi connectivity index (χ1n) is 11.1. The van der Waals surface area contributed by atoms with Crippen LogP contribution in [0.1, 0.15) is 17.2 Å². The second-order valence-electron chi connectivity index (χ2n) is 8.18. The monoisotopic (exact) mass is 541 g/mol. The molecule has 4 aromatic rings. The fourth-order valence-corrected chi connectivity index (χ4v) is 4.40. The molecule has 6 nitrogen and oxygen atoms in total. The molecule has 1 heterocycles. The number of phenols is 1. The van der Waals surface area contributed by atoms with Crippen LogP contribution in [0.4, 0.5) is 5.69 Å². The Balaban J connectivity index is 1.58. The average Bonchev–Trinajstić information content (AvgIpc) is 3.16. The first-order valence-corrected chi connectivity index (χ1v) is 11.9. The zero-order chi connectivity index (χ0) is 25.2. The van der Waals surface area contributed by atoms with Gasteiger partial charge >= 0.3 is 0 Å². The molecule has 4 aromatic carbocycles. The van der Waals surface area contributed by atoms with Crippen LogP contribution in [-0.4, -0.2) is 21.9 Å². The molecule has 1 unspecified atom stereocenters. The van der Waals surface area contributed by atoms with E-state index in [1.54, 1.807) is 60.7 Å². The smallest absolute Gasteiger partial charge is 0.300 e. The number of ketones is 1. The summed E-state index contributed by atoms with van der Waals surface area (Å²) in [6.45, 7) is 0. The van der Waals surface area contributed by atoms with Crippen molar-refractivity contribution in [1.82, 2.24) is 0 Å². The van der Waals surface area contributed by atoms with E-state index in [0.29, 0.717) is 28.3 Å². The van der Waals surface area contributed by atoms with Crippen molar-refractivity contribution in [3.63, 3.8) is 0 Å². The standard InChI is InChI=1S/C29H20BrNO5/c30-20-10-6-19(7-11-20)27(33)25-26(18-8-14-22(32)15-9-18)31(29(35)28(25)34)21-12-16-24(17-13-21)36-23-4-2-1-3-5-23/h1-17,26,32-33H/b27-25+. The summed E-state index contributed by atoms with van der Waals surface area (Å²) in [5.74, 6) is -0.542. The quantitative estimate of drug-likeness (QED) is 0.169. The van der Waals surface area contributed by atoms with E-state index >= 15 is 0 Å². The van der Waals surface area contributed by atoms with Gasteiger partial charge in [0.25, 0.3) is 11.7 Å². The molecule has 1 fully saturated rings. The molecule has 0 aliphatic carbocycles. The first-order chi connectivity index (χ1) is 17.4. The van der Waals surface area contributed by atoms with Gasteiger partial charge in [-0.1, -0.05) is 58.4 Å². The van der Waals surface area contributed by atoms with Crippen LogP contribution in [0.3, 0.4) is 0 Å². The maximum atomic E-state index is 13.3. The number of hydrogen-bond acceptors (Lipinski definition) is 5. The van der Waals surface area contributed by atoms with Crippen LogP contribution < -0.4 is 9.64 Å². The van der Waals surface area contributed by atoms with Crippen LogP contribution in [0.15, 0.2) is 113 Å². The Morgan fingerprint density at radius 1 is 0.778 bits per heavy atom. The van der Waals surface area contributed by atoms with Gasteiger partial charge in [0.2, 0.25) is 0 Å². The molecule has 1 aliphatic heterocycles. The van der Waals surface area contributed by atoms with Crippen molar-refractivity contribution < 1.29 is 24.5 Å². The Morgan fingerprint density at radius 3 is 2.03 bits per heavy atom. The summed E-state index contributed by atoms with van der Waals surface area (Å²) in [4.78, 5) is 27.9. The van der Waals surface area contributed by atoms with E-state index in [0.717, 1.165) is 4.47 Å². The van der Waals surface area contributed by atoms with Gasteiger partial charge in [-0.2, -0.15) is 0 Å². The summed E-state index contributed by atoms with van der Waals surface area (Å²) in [6, 6.07) is 28.2. The summed E-state index contributed by atoms with van der Waals surface area (Å²) in [6.07, 6.45) is 0. The number of aliphatic hydroxyl groups is 1. The second-order valence-corrected chi connectivity index (χ2v) is 9.09. The summed E-state index contributed by atoms with van der Waals surface area (Å²) in [5.41, 5.74) is 1.41. The summed E-state index contributed by atoms with van der Waals surface area (Å²) in [5, 5.41) is 20.9. The molecule has 2 N–H and O–H groups in total. The highest BCUT2D eigenvalue weighted by Crippen LogP contribution is 2.43. The number of carbonyl (C=O) groups is 2. The van der Waals surface area contributed by atoms with Gasteiger partial charge in [-0.25, -0.2) is 0 Å². The lowest BCUT2D eigenvalue weighted by Gasteiger charge is -2.25. The summed E-state index contributed by atoms with van der Waals surface area (Å²) < 4.78 is 6.66. The zero-order valence-electron chi connectivity index (χ0n) is 18.8. The van der Waals surface area contributed by atoms with Crippen LogP contribution >= 0.6 is 15.9 Å². The molecule has 0 bridgehead atoms. The molecule has 1 aliphatic rings. The molecule has 1 atom stereocenters. The minimum absolute atomic E-state index is 0.0300. The number of aliphatic hydroxyl groups excluding tert-OH is 1. The average molecular weight is 542 g/mol. The van der Waals surface area contributed by atoms with Crippen molar-refractivity contribution in [2.45, 2.75) is 6.04 Å². The van der Waals surface area contributed by atoms with Crippen molar-refractivity contribution in [2.24, 2.45) is 0 Å². The fraction of sp³-hybridized carbons (Fsp3) is 0.0345. The number of ether oxygens (including phenoxy) is 1. The number of amides is 1. The van der Waals surface area contributed by atoms with Gasteiger partial charge < -0.3 is 14.9 Å². The Labute approximate surface area is 215 Å². The Morgan fingerprint density at radius 2 is 1.39 bits per heavy atom. The highest BCUT2D eigenvalue weighted by atomic mass is 79.9. The van der Waals surface area contributed by atoms with Gasteiger partial charge in [0.1, 0.15) is 23.0 Å². The Bertz CT molecular complexity index is 1450. The molecular weight excluding hydrogens is 522 g/mol. The van der Waals surface area contributed by atoms with Gasteiger partial charge in [0.05, 0.1) is 11.6 Å². The second kappa shape index (κ2) is 9.71. The number of rotatable bonds is 5. The zero-order valence-corrected chi connectivity index (χ0v) is 20.4. The Kier molecular flexibility index (Phi) is 6.31. The summed E-state index contributed by atoms with van der Waals surface area (Å²) in [7, 11) is 0. The van der Waals surface area contributed by atoms with Crippen LogP contribution in [0, 0.1) is 0 Å². The highest BCUT2D eigenvalue weighted by Gasteiger charge is 2.47. The van der Waals surface area contributed by atoms with E-state index in [4.69, 9.17) is 4.74 Å². The SMILES string of the molecule is O=C1C(=O)N(c2ccc(Oc3ccccc3)cc2)C(c2ccc(O)cc2)/C1=C(\O)c1ccc(Br)cc1. The van der Waals surface area contributed by atoms with Crippen molar-refractivity contribution in [3.8, 4) is 17.2 Å². The molecule has 178 valence electrons. The maximum absolute atomic E-state index is 13.3. The number of nitrogens with zero attached hydrogens (tertiary/aromatic N) is 1. The number of anilines is 1. The third-order valence-electron chi connectivity index (χ3n) is 5.86. The van der Waals surface area contributed by atoms with Crippen molar-refractivity contribution in [3.05, 3.63) is 124 Å². The minimum Gasteiger partial charge on any atom is -0.508 e. The molecule has 5 rings (SSSR count). The van der Waals surface area contributed by atoms with Crippen molar-refractivity contribution in [2.75, 3.05) is 4.90 Å². The third kappa shape index (κ3) is 4.48. The van der Waals surface area contributed by atoms with E-state index in [1.807, 2.05) is 30.3 Å². The number of halogens is 1. The minimum atomic E-state index is -0.893. The molecular formula is C29H20BrNO5. The number of aromatic hydroxyl groups is 1. The van der Waals surface area contributed by atoms with Crippen LogP contribution in [0.25, 0.3) is 5.76 Å². The molecule has 0 radical (unpaired) electrons. The maximum Gasteiger partial charge on any atom is 0.300 e. The lowest BCUT2D eigenvalue weighted by Crippen LogP contribution is -2.29. The van der Waals surface area contributed by atoms with Crippen LogP contribution in [0.2, 0.25) is 0 Å². The first kappa shape index (κ1) is 23.4. The van der Waals surface area contributed by atoms with Gasteiger partial charge in [-0.3, -0.25) is 14.5 Å². The number of Topliss-reactive ketones (excluding diaryl/α,β-unsaturated/α-hetero) is 1. The highest BCUT2D eigenvalue weighted by molar-refractivity contribution is 9.10. The van der Waals surface area contributed by atoms with Gasteiger partial charge in [-0.15, -0.1) is 0 Å². The molecule has 0 saturated carbocycles. The molecule has 1 amide bonds. The fourth-order valence-electron chi connectivity index (χ4n) is 4.13. The van der Waals surface area contributed by atoms with Crippen molar-refractivity contribution >= 4 is 39.1 Å². The largest absolute Gasteiger partial charge is 0.508 e. The lowest BCUT2D eigenvalue weighted by molar-refractivity contribution is -0.132. The lowest BCUT2D eigenvalue weighted by atomic mass is 9.95. The predicted octanol–water partition coefficient (Wildman–Crippen LogP) is 6.57. The van der Waals surface area contributed by atoms with Crippen LogP contribution in [-0.2, 0) is 9.59 Å². The van der Waals surface area contributed by atoms with Gasteiger partial charge in [-0.05, 0) is 66.2 Å². The van der Waals surface area contributed by atoms with Crippen molar-refractivity contribution in [1.29, 1.82) is 0 Å². The van der Waals surface area contributed by atoms with E-state index in [2.05, 4.69) is 15.9 Å². The number of phenolic OH excluding ortho intramolecular Hbond substituents is 1. The molecule has 0 spiro atoms. The number of carbonyl (C=O) groups excluding carboxylic acids is 2. The third-order valence-corrected chi connectivity index (χ3v) is 6.39. The van der Waals surface area contributed by atoms with E-state index < -0.39 is 17.7 Å². The summed E-state index contributed by atoms with van der Waals surface area (Å²) >= 11 is 3.36. The van der Waals surface area contributed by atoms with E-state index in [1.165, 1.54) is 17.0 Å². The topological polar surface area (TPSA) is 87.1 Å². The molecule has 0 aromatic heterocycles. The Hall–Kier alpha value is -4.36. The van der Waals surface area contributed by atoms with E-state index in [-0.39, 0.29) is 17.1 Å². The number of para-hydroxylation sites is 1. The van der Waals surface area contributed by atoms with E-state index in [9.17, 15) is 19.8 Å². The normalized spacial score (nSPS) is 16.8. The predicted molar refractivity (Wildman–Crippen MR) is 140 cm³/mol. The number of benzene rings is 4. The molecule has 7 heteroatoms. The van der Waals surface area contributed by atoms with Crippen LogP contribution in [0.5, 0.6) is 17.2 Å². The molecule has 1 saturated heterocycles. The number of hydrogen-bond donors (Lipinski definition) is 2. The molecule has 36 heavy (non-hydrogen) atoms.